The van der Waals surface area contributed by atoms with Crippen LogP contribution in [0.5, 0.6) is 0 Å². The van der Waals surface area contributed by atoms with Gasteiger partial charge in [-0.25, -0.2) is 9.97 Å². The summed E-state index contributed by atoms with van der Waals surface area (Å²) in [7, 11) is 3.22. The summed E-state index contributed by atoms with van der Waals surface area (Å²) in [6, 6.07) is 0. The van der Waals surface area contributed by atoms with Crippen LogP contribution in [0.25, 0.3) is 0 Å². The molecule has 2 rings (SSSR count). The Morgan fingerprint density at radius 3 is 1.65 bits per heavy atom. The summed E-state index contributed by atoms with van der Waals surface area (Å²) in [6.45, 7) is 8.76. The maximum atomic E-state index is 4.60. The second-order valence-corrected chi connectivity index (χ2v) is 7.15. The van der Waals surface area contributed by atoms with Crippen LogP contribution in [-0.2, 0) is 0 Å². The van der Waals surface area contributed by atoms with Gasteiger partial charge in [0.25, 0.3) is 0 Å². The van der Waals surface area contributed by atoms with E-state index < -0.39 is 0 Å². The van der Waals surface area contributed by atoms with Crippen molar-refractivity contribution in [3.63, 3.8) is 0 Å². The average Bonchev–Trinajstić information content (AvgIpc) is 3.12. The van der Waals surface area contributed by atoms with Gasteiger partial charge in [-0.1, -0.05) is 27.7 Å². The molecule has 0 bridgehead atoms. The normalized spacial score (nSPS) is 14.4. The van der Waals surface area contributed by atoms with Gasteiger partial charge in [-0.05, 0) is 46.3 Å². The van der Waals surface area contributed by atoms with E-state index in [1.165, 1.54) is 0 Å². The lowest BCUT2D eigenvalue weighted by molar-refractivity contribution is 0.708. The van der Waals surface area contributed by atoms with Crippen molar-refractivity contribution in [1.29, 1.82) is 0 Å². The van der Waals surface area contributed by atoms with Crippen molar-refractivity contribution in [3.8, 4) is 0 Å². The van der Waals surface area contributed by atoms with Crippen molar-refractivity contribution in [1.82, 2.24) is 19.9 Å². The van der Waals surface area contributed by atoms with Gasteiger partial charge in [-0.3, -0.25) is 0 Å². The quantitative estimate of drug-likeness (QED) is 0.710. The third-order valence-electron chi connectivity index (χ3n) is 3.58. The molecule has 2 atom stereocenters. The molecule has 0 saturated heterocycles. The maximum Gasteiger partial charge on any atom is 0.176 e. The van der Waals surface area contributed by atoms with Gasteiger partial charge in [0, 0.05) is 12.4 Å². The third-order valence-corrected chi connectivity index (χ3v) is 5.60. The fourth-order valence-corrected chi connectivity index (χ4v) is 3.37. The molecule has 0 radical (unpaired) electrons. The second kappa shape index (κ2) is 7.22. The van der Waals surface area contributed by atoms with Crippen molar-refractivity contribution in [3.05, 3.63) is 23.8 Å². The molecule has 20 heavy (non-hydrogen) atoms. The lowest BCUT2D eigenvalue weighted by atomic mass is 10.1. The van der Waals surface area contributed by atoms with Crippen LogP contribution in [0.15, 0.2) is 22.7 Å². The summed E-state index contributed by atoms with van der Waals surface area (Å²) >= 11 is 0. The molecule has 0 saturated carbocycles. The predicted molar refractivity (Wildman–Crippen MR) is 86.3 cm³/mol. The van der Waals surface area contributed by atoms with Crippen LogP contribution in [0.1, 0.15) is 63.8 Å². The van der Waals surface area contributed by atoms with Gasteiger partial charge in [0.15, 0.2) is 10.3 Å². The van der Waals surface area contributed by atoms with Crippen molar-refractivity contribution in [2.75, 3.05) is 0 Å². The molecule has 0 fully saturated rings. The second-order valence-electron chi connectivity index (χ2n) is 5.05. The van der Waals surface area contributed by atoms with E-state index in [1.807, 2.05) is 12.4 Å². The molecule has 0 aliphatic heterocycles. The lowest BCUT2D eigenvalue weighted by Crippen LogP contribution is -1.90. The molecule has 0 spiro atoms. The summed E-state index contributed by atoms with van der Waals surface area (Å²) in [5, 5.41) is 1.87. The Balaban J connectivity index is 1.92. The summed E-state index contributed by atoms with van der Waals surface area (Å²) in [5.74, 6) is 1.01. The van der Waals surface area contributed by atoms with Gasteiger partial charge in [-0.2, -0.15) is 0 Å². The molecular formula is C14H22N4S2. The van der Waals surface area contributed by atoms with Gasteiger partial charge in [0.1, 0.15) is 0 Å². The van der Waals surface area contributed by atoms with Crippen molar-refractivity contribution in [2.45, 2.75) is 62.7 Å². The fourth-order valence-electron chi connectivity index (χ4n) is 1.72. The van der Waals surface area contributed by atoms with Gasteiger partial charge in [-0.15, -0.1) is 0 Å². The van der Waals surface area contributed by atoms with Gasteiger partial charge in [0.05, 0.1) is 11.4 Å². The zero-order valence-electron chi connectivity index (χ0n) is 12.4. The molecular weight excluding hydrogens is 288 g/mol. The number of hydrogen-bond acceptors (Lipinski definition) is 4. The number of hydrogen-bond donors (Lipinski definition) is 2. The highest BCUT2D eigenvalue weighted by Crippen LogP contribution is 2.35. The standard InChI is InChI=1S/C14H22N4S2/c1-5-9(3)11-7-15-13(17-11)19-20-14-16-8-12(18-14)10(4)6-2/h7-10H,5-6H2,1-4H3,(H,15,17)(H,16,18). The number of imidazole rings is 2. The minimum Gasteiger partial charge on any atom is -0.339 e. The highest BCUT2D eigenvalue weighted by atomic mass is 33.1. The summed E-state index contributed by atoms with van der Waals surface area (Å²) in [6.07, 6.45) is 6.23. The van der Waals surface area contributed by atoms with E-state index in [2.05, 4.69) is 47.6 Å². The number of aromatic amines is 2. The molecule has 0 amide bonds. The van der Waals surface area contributed by atoms with E-state index in [4.69, 9.17) is 0 Å². The zero-order valence-corrected chi connectivity index (χ0v) is 14.1. The molecule has 2 unspecified atom stereocenters. The van der Waals surface area contributed by atoms with Crippen LogP contribution < -0.4 is 0 Å². The van der Waals surface area contributed by atoms with Crippen LogP contribution in [-0.4, -0.2) is 19.9 Å². The number of H-pyrrole nitrogens is 2. The van der Waals surface area contributed by atoms with E-state index >= 15 is 0 Å². The van der Waals surface area contributed by atoms with Crippen molar-refractivity contribution >= 4 is 21.6 Å². The largest absolute Gasteiger partial charge is 0.339 e. The minimum absolute atomic E-state index is 0.506. The number of nitrogens with zero attached hydrogens (tertiary/aromatic N) is 2. The van der Waals surface area contributed by atoms with Crippen LogP contribution in [0, 0.1) is 0 Å². The van der Waals surface area contributed by atoms with Crippen LogP contribution in [0.4, 0.5) is 0 Å². The first-order valence-corrected chi connectivity index (χ1v) is 9.24. The van der Waals surface area contributed by atoms with Crippen LogP contribution in [0.3, 0.4) is 0 Å². The summed E-state index contributed by atoms with van der Waals surface area (Å²) < 4.78 is 0. The summed E-state index contributed by atoms with van der Waals surface area (Å²) in [4.78, 5) is 15.6. The van der Waals surface area contributed by atoms with Crippen molar-refractivity contribution in [2.24, 2.45) is 0 Å². The molecule has 4 nitrogen and oxygen atoms in total. The molecule has 0 aromatic carbocycles. The van der Waals surface area contributed by atoms with Crippen LogP contribution in [0.2, 0.25) is 0 Å². The van der Waals surface area contributed by atoms with E-state index in [9.17, 15) is 0 Å². The highest BCUT2D eigenvalue weighted by molar-refractivity contribution is 8.76. The van der Waals surface area contributed by atoms with E-state index in [1.54, 1.807) is 21.6 Å². The first-order chi connectivity index (χ1) is 9.63. The number of aromatic nitrogens is 4. The summed E-state index contributed by atoms with van der Waals surface area (Å²) in [5.41, 5.74) is 2.27. The van der Waals surface area contributed by atoms with E-state index in [0.29, 0.717) is 11.8 Å². The predicted octanol–water partition coefficient (Wildman–Crippen LogP) is 4.96. The van der Waals surface area contributed by atoms with Gasteiger partial charge < -0.3 is 9.97 Å². The fraction of sp³-hybridized carbons (Fsp3) is 0.571. The average molecular weight is 310 g/mol. The Bertz CT molecular complexity index is 487. The molecule has 2 aromatic heterocycles. The Labute approximate surface area is 128 Å². The maximum absolute atomic E-state index is 4.60. The monoisotopic (exact) mass is 310 g/mol. The highest BCUT2D eigenvalue weighted by Gasteiger charge is 2.11. The van der Waals surface area contributed by atoms with Gasteiger partial charge >= 0.3 is 0 Å². The first kappa shape index (κ1) is 15.5. The Morgan fingerprint density at radius 2 is 1.30 bits per heavy atom. The number of nitrogens with one attached hydrogen (secondary N) is 2. The SMILES string of the molecule is CCC(C)c1c[nH]c(SSc2nc(C(C)CC)c[nH]2)n1. The molecule has 2 heterocycles. The molecule has 0 aliphatic carbocycles. The Kier molecular flexibility index (Phi) is 5.60. The van der Waals surface area contributed by atoms with Crippen LogP contribution >= 0.6 is 21.6 Å². The lowest BCUT2D eigenvalue weighted by Gasteiger charge is -2.02. The van der Waals surface area contributed by atoms with Gasteiger partial charge in [0.2, 0.25) is 0 Å². The van der Waals surface area contributed by atoms with Crippen molar-refractivity contribution < 1.29 is 0 Å². The molecule has 6 heteroatoms. The van der Waals surface area contributed by atoms with E-state index in [0.717, 1.165) is 34.5 Å². The molecule has 110 valence electrons. The minimum atomic E-state index is 0.506. The topological polar surface area (TPSA) is 57.4 Å². The third kappa shape index (κ3) is 3.82. The Hall–Kier alpha value is -0.880. The molecule has 0 aliphatic rings. The van der Waals surface area contributed by atoms with E-state index in [-0.39, 0.29) is 0 Å². The zero-order chi connectivity index (χ0) is 14.5. The first-order valence-electron chi connectivity index (χ1n) is 7.09. The Morgan fingerprint density at radius 1 is 0.900 bits per heavy atom. The molecule has 2 aromatic rings. The molecule has 2 N–H and O–H groups in total. The number of rotatable bonds is 7. The smallest absolute Gasteiger partial charge is 0.176 e.